The molecule has 1 saturated carbocycles. The van der Waals surface area contributed by atoms with Gasteiger partial charge in [-0.3, -0.25) is 14.2 Å². The molecule has 1 saturated heterocycles. The molecule has 166 valence electrons. The molecule has 32 heavy (non-hydrogen) atoms. The van der Waals surface area contributed by atoms with Crippen LogP contribution >= 0.6 is 11.8 Å². The Labute approximate surface area is 192 Å². The molecule has 2 aromatic carbocycles. The van der Waals surface area contributed by atoms with Gasteiger partial charge in [-0.25, -0.2) is 4.98 Å². The van der Waals surface area contributed by atoms with Crippen LogP contribution < -0.4 is 15.8 Å². The third-order valence-electron chi connectivity index (χ3n) is 6.42. The smallest absolute Gasteiger partial charge is 0.262 e. The molecule has 2 heterocycles. The van der Waals surface area contributed by atoms with Crippen molar-refractivity contribution >= 4 is 39.9 Å². The summed E-state index contributed by atoms with van der Waals surface area (Å²) in [5.74, 6) is 0.120. The first kappa shape index (κ1) is 21.1. The van der Waals surface area contributed by atoms with Gasteiger partial charge >= 0.3 is 0 Å². The van der Waals surface area contributed by atoms with Gasteiger partial charge in [-0.15, -0.1) is 0 Å². The van der Waals surface area contributed by atoms with Crippen molar-refractivity contribution in [2.24, 2.45) is 0 Å². The van der Waals surface area contributed by atoms with Crippen LogP contribution in [0.1, 0.15) is 44.6 Å². The third-order valence-corrected chi connectivity index (χ3v) is 7.37. The second-order valence-corrected chi connectivity index (χ2v) is 9.55. The number of benzene rings is 2. The minimum Gasteiger partial charge on any atom is -0.372 e. The van der Waals surface area contributed by atoms with E-state index in [1.165, 1.54) is 30.3 Å². The van der Waals surface area contributed by atoms with Gasteiger partial charge in [0, 0.05) is 30.5 Å². The Bertz CT molecular complexity index is 1160. The molecule has 0 atom stereocenters. The topological polar surface area (TPSA) is 67.2 Å². The monoisotopic (exact) mass is 448 g/mol. The lowest BCUT2D eigenvalue weighted by Gasteiger charge is -2.19. The highest BCUT2D eigenvalue weighted by Crippen LogP contribution is 2.32. The van der Waals surface area contributed by atoms with E-state index in [4.69, 9.17) is 4.98 Å². The van der Waals surface area contributed by atoms with Crippen LogP contribution in [0.4, 0.5) is 11.4 Å². The van der Waals surface area contributed by atoms with Gasteiger partial charge < -0.3 is 10.2 Å². The van der Waals surface area contributed by atoms with E-state index < -0.39 is 0 Å². The Morgan fingerprint density at radius 2 is 1.72 bits per heavy atom. The number of thioether (sulfide) groups is 1. The van der Waals surface area contributed by atoms with Crippen molar-refractivity contribution in [1.82, 2.24) is 9.55 Å². The summed E-state index contributed by atoms with van der Waals surface area (Å²) in [5, 5.41) is 4.26. The Hall–Kier alpha value is -2.80. The first-order valence-electron chi connectivity index (χ1n) is 11.5. The van der Waals surface area contributed by atoms with Crippen molar-refractivity contribution in [2.45, 2.75) is 49.7 Å². The van der Waals surface area contributed by atoms with Crippen LogP contribution in [0.5, 0.6) is 0 Å². The molecule has 1 N–H and O–H groups in total. The molecule has 0 bridgehead atoms. The third kappa shape index (κ3) is 4.39. The normalized spacial score (nSPS) is 16.7. The van der Waals surface area contributed by atoms with Gasteiger partial charge in [0.05, 0.1) is 16.7 Å². The predicted octanol–water partition coefficient (Wildman–Crippen LogP) is 4.84. The molecule has 1 aliphatic heterocycles. The van der Waals surface area contributed by atoms with Crippen LogP contribution in [0.25, 0.3) is 10.9 Å². The van der Waals surface area contributed by atoms with Gasteiger partial charge in [-0.1, -0.05) is 36.7 Å². The lowest BCUT2D eigenvalue weighted by molar-refractivity contribution is -0.113. The number of rotatable bonds is 6. The van der Waals surface area contributed by atoms with Crippen LogP contribution in [0, 0.1) is 0 Å². The molecule has 1 aromatic heterocycles. The van der Waals surface area contributed by atoms with Crippen LogP contribution in [-0.4, -0.2) is 34.3 Å². The molecule has 0 radical (unpaired) electrons. The zero-order valence-corrected chi connectivity index (χ0v) is 18.9. The van der Waals surface area contributed by atoms with Crippen molar-refractivity contribution < 1.29 is 4.79 Å². The molecule has 3 aromatic rings. The number of carbonyl (C=O) groups excluding carboxylic acids is 1. The number of anilines is 2. The lowest BCUT2D eigenvalue weighted by Crippen LogP contribution is -2.27. The number of nitrogens with one attached hydrogen (secondary N) is 1. The summed E-state index contributed by atoms with van der Waals surface area (Å²) in [6.07, 6.45) is 6.71. The summed E-state index contributed by atoms with van der Waals surface area (Å²) in [4.78, 5) is 33.0. The quantitative estimate of drug-likeness (QED) is 0.432. The van der Waals surface area contributed by atoms with E-state index in [2.05, 4.69) is 22.3 Å². The standard InChI is InChI=1S/C25H28N4O2S/c30-23(26-18-11-13-19(14-12-18)28-15-5-6-16-28)17-32-25-27-22-10-4-3-9-21(22)24(31)29(25)20-7-1-2-8-20/h3-4,9-14,20H,1-2,5-8,15-17H2,(H,26,30). The lowest BCUT2D eigenvalue weighted by atomic mass is 10.2. The van der Waals surface area contributed by atoms with Crippen LogP contribution in [0.2, 0.25) is 0 Å². The molecule has 0 unspecified atom stereocenters. The fraction of sp³-hybridized carbons (Fsp3) is 0.400. The highest BCUT2D eigenvalue weighted by molar-refractivity contribution is 7.99. The van der Waals surface area contributed by atoms with Crippen molar-refractivity contribution in [1.29, 1.82) is 0 Å². The van der Waals surface area contributed by atoms with Gasteiger partial charge in [0.2, 0.25) is 5.91 Å². The van der Waals surface area contributed by atoms with Crippen LogP contribution in [0.15, 0.2) is 58.5 Å². The van der Waals surface area contributed by atoms with Gasteiger partial charge in [-0.05, 0) is 62.1 Å². The minimum atomic E-state index is -0.0932. The second kappa shape index (κ2) is 9.36. The first-order valence-corrected chi connectivity index (χ1v) is 12.5. The Kier molecular flexibility index (Phi) is 6.17. The highest BCUT2D eigenvalue weighted by atomic mass is 32.2. The van der Waals surface area contributed by atoms with E-state index in [9.17, 15) is 9.59 Å². The summed E-state index contributed by atoms with van der Waals surface area (Å²) in [5.41, 5.74) is 2.68. The number of para-hydroxylation sites is 1. The number of amides is 1. The maximum Gasteiger partial charge on any atom is 0.262 e. The molecule has 2 aliphatic rings. The van der Waals surface area contributed by atoms with Gasteiger partial charge in [-0.2, -0.15) is 0 Å². The zero-order chi connectivity index (χ0) is 21.9. The van der Waals surface area contributed by atoms with E-state index in [1.54, 1.807) is 0 Å². The number of aromatic nitrogens is 2. The number of carbonyl (C=O) groups is 1. The fourth-order valence-electron chi connectivity index (χ4n) is 4.77. The Balaban J connectivity index is 1.30. The van der Waals surface area contributed by atoms with Gasteiger partial charge in [0.25, 0.3) is 5.56 Å². The van der Waals surface area contributed by atoms with E-state index in [0.29, 0.717) is 16.1 Å². The summed E-state index contributed by atoms with van der Waals surface area (Å²) in [7, 11) is 0. The van der Waals surface area contributed by atoms with Crippen LogP contribution in [-0.2, 0) is 4.79 Å². The average Bonchev–Trinajstić information content (AvgIpc) is 3.53. The van der Waals surface area contributed by atoms with Gasteiger partial charge in [0.15, 0.2) is 5.16 Å². The number of fused-ring (bicyclic) bond motifs is 1. The van der Waals surface area contributed by atoms with E-state index in [0.717, 1.165) is 44.5 Å². The molecule has 1 aliphatic carbocycles. The van der Waals surface area contributed by atoms with Crippen molar-refractivity contribution in [3.63, 3.8) is 0 Å². The van der Waals surface area contributed by atoms with Crippen molar-refractivity contribution in [3.8, 4) is 0 Å². The highest BCUT2D eigenvalue weighted by Gasteiger charge is 2.23. The SMILES string of the molecule is O=C(CSc1nc2ccccc2c(=O)n1C1CCCC1)Nc1ccc(N2CCCC2)cc1. The van der Waals surface area contributed by atoms with Crippen molar-refractivity contribution in [2.75, 3.05) is 29.1 Å². The Morgan fingerprint density at radius 3 is 2.47 bits per heavy atom. The maximum atomic E-state index is 13.2. The van der Waals surface area contributed by atoms with Crippen LogP contribution in [0.3, 0.4) is 0 Å². The average molecular weight is 449 g/mol. The number of nitrogens with zero attached hydrogens (tertiary/aromatic N) is 3. The molecule has 1 amide bonds. The first-order chi connectivity index (χ1) is 15.7. The van der Waals surface area contributed by atoms with E-state index in [-0.39, 0.29) is 23.3 Å². The summed E-state index contributed by atoms with van der Waals surface area (Å²) in [6, 6.07) is 15.7. The maximum absolute atomic E-state index is 13.2. The molecule has 2 fully saturated rings. The summed E-state index contributed by atoms with van der Waals surface area (Å²) >= 11 is 1.35. The molecule has 7 heteroatoms. The Morgan fingerprint density at radius 1 is 1.00 bits per heavy atom. The fourth-order valence-corrected chi connectivity index (χ4v) is 5.64. The van der Waals surface area contributed by atoms with E-state index >= 15 is 0 Å². The molecular formula is C25H28N4O2S. The zero-order valence-electron chi connectivity index (χ0n) is 18.1. The van der Waals surface area contributed by atoms with Crippen molar-refractivity contribution in [3.05, 3.63) is 58.9 Å². The molecule has 0 spiro atoms. The largest absolute Gasteiger partial charge is 0.372 e. The molecule has 6 nitrogen and oxygen atoms in total. The van der Waals surface area contributed by atoms with E-state index in [1.807, 2.05) is 41.0 Å². The number of hydrogen-bond acceptors (Lipinski definition) is 5. The molecular weight excluding hydrogens is 420 g/mol. The predicted molar refractivity (Wildman–Crippen MR) is 131 cm³/mol. The summed E-state index contributed by atoms with van der Waals surface area (Å²) in [6.45, 7) is 2.20. The molecule has 5 rings (SSSR count). The summed E-state index contributed by atoms with van der Waals surface area (Å²) < 4.78 is 1.83. The minimum absolute atomic E-state index is 0.00269. The van der Waals surface area contributed by atoms with Gasteiger partial charge in [0.1, 0.15) is 0 Å². The second-order valence-electron chi connectivity index (χ2n) is 8.60. The number of hydrogen-bond donors (Lipinski definition) is 1.